The normalized spacial score (nSPS) is 10.9. The standard InChI is InChI=1S/C25H21Cl2N3O5S/c1-4-34-25(33)22-17-12-36-23(28-20(31)11-35-19-8-6-15(26)10-18(19)27)21(17)24(32)30(29-22)16-7-5-13(2)14(3)9-16/h5-10,12H,4,11H2,1-3H3,(H,28,31). The summed E-state index contributed by atoms with van der Waals surface area (Å²) in [4.78, 5) is 38.9. The molecular formula is C25H21Cl2N3O5S. The Bertz CT molecular complexity index is 1550. The highest BCUT2D eigenvalue weighted by Crippen LogP contribution is 2.31. The zero-order valence-electron chi connectivity index (χ0n) is 19.6. The number of carbonyl (C=O) groups excluding carboxylic acids is 2. The Balaban J connectivity index is 1.72. The molecule has 1 amide bonds. The van der Waals surface area contributed by atoms with Crippen LogP contribution in [0, 0.1) is 13.8 Å². The van der Waals surface area contributed by atoms with Crippen molar-refractivity contribution in [1.82, 2.24) is 9.78 Å². The number of anilines is 1. The van der Waals surface area contributed by atoms with Crippen LogP contribution in [0.3, 0.4) is 0 Å². The summed E-state index contributed by atoms with van der Waals surface area (Å²) in [7, 11) is 0. The number of nitrogens with one attached hydrogen (secondary N) is 1. The molecule has 0 unspecified atom stereocenters. The fraction of sp³-hybridized carbons (Fsp3) is 0.200. The first-order valence-corrected chi connectivity index (χ1v) is 12.5. The van der Waals surface area contributed by atoms with Crippen molar-refractivity contribution in [3.63, 3.8) is 0 Å². The first-order chi connectivity index (χ1) is 17.2. The fourth-order valence-corrected chi connectivity index (χ4v) is 4.84. The van der Waals surface area contributed by atoms with Gasteiger partial charge < -0.3 is 14.8 Å². The summed E-state index contributed by atoms with van der Waals surface area (Å²) >= 11 is 13.1. The van der Waals surface area contributed by atoms with E-state index in [9.17, 15) is 14.4 Å². The molecule has 4 rings (SSSR count). The number of aromatic nitrogens is 2. The average Bonchev–Trinajstić information content (AvgIpc) is 3.25. The maximum Gasteiger partial charge on any atom is 0.359 e. The monoisotopic (exact) mass is 545 g/mol. The maximum atomic E-state index is 13.5. The zero-order valence-corrected chi connectivity index (χ0v) is 21.9. The highest BCUT2D eigenvalue weighted by atomic mass is 35.5. The van der Waals surface area contributed by atoms with E-state index < -0.39 is 17.4 Å². The van der Waals surface area contributed by atoms with E-state index in [2.05, 4.69) is 10.4 Å². The molecule has 2 heterocycles. The molecule has 0 aliphatic rings. The van der Waals surface area contributed by atoms with Crippen LogP contribution in [0.4, 0.5) is 5.00 Å². The number of hydrogen-bond acceptors (Lipinski definition) is 7. The average molecular weight is 546 g/mol. The summed E-state index contributed by atoms with van der Waals surface area (Å²) in [6.45, 7) is 5.33. The molecule has 0 aliphatic carbocycles. The molecule has 2 aromatic heterocycles. The number of rotatable bonds is 7. The molecule has 11 heteroatoms. The number of amides is 1. The lowest BCUT2D eigenvalue weighted by molar-refractivity contribution is -0.118. The molecule has 186 valence electrons. The van der Waals surface area contributed by atoms with Gasteiger partial charge in [0.15, 0.2) is 12.3 Å². The van der Waals surface area contributed by atoms with Crippen molar-refractivity contribution in [2.75, 3.05) is 18.5 Å². The van der Waals surface area contributed by atoms with Gasteiger partial charge in [-0.2, -0.15) is 9.78 Å². The number of thiophene rings is 1. The van der Waals surface area contributed by atoms with E-state index in [-0.39, 0.29) is 40.1 Å². The van der Waals surface area contributed by atoms with Crippen molar-refractivity contribution in [3.05, 3.63) is 79.0 Å². The fourth-order valence-electron chi connectivity index (χ4n) is 3.42. The lowest BCUT2D eigenvalue weighted by Crippen LogP contribution is -2.26. The van der Waals surface area contributed by atoms with E-state index in [1.165, 1.54) is 6.07 Å². The summed E-state index contributed by atoms with van der Waals surface area (Å²) in [6, 6.07) is 10.1. The molecule has 0 radical (unpaired) electrons. The second kappa shape index (κ2) is 10.7. The molecule has 0 fully saturated rings. The van der Waals surface area contributed by atoms with Crippen LogP contribution in [-0.4, -0.2) is 34.9 Å². The number of ether oxygens (including phenoxy) is 2. The Morgan fingerprint density at radius 1 is 1.11 bits per heavy atom. The van der Waals surface area contributed by atoms with E-state index in [0.717, 1.165) is 27.1 Å². The Labute approximate surface area is 220 Å². The number of esters is 1. The van der Waals surface area contributed by atoms with Gasteiger partial charge in [-0.25, -0.2) is 4.79 Å². The van der Waals surface area contributed by atoms with Crippen LogP contribution in [-0.2, 0) is 9.53 Å². The Morgan fingerprint density at radius 2 is 1.89 bits per heavy atom. The minimum absolute atomic E-state index is 0.0226. The van der Waals surface area contributed by atoms with Gasteiger partial charge in [-0.3, -0.25) is 9.59 Å². The molecule has 0 atom stereocenters. The Hall–Kier alpha value is -3.40. The molecule has 2 aromatic carbocycles. The number of carbonyl (C=O) groups is 2. The van der Waals surface area contributed by atoms with Crippen molar-refractivity contribution >= 4 is 62.2 Å². The van der Waals surface area contributed by atoms with Crippen molar-refractivity contribution in [2.45, 2.75) is 20.8 Å². The molecule has 0 spiro atoms. The highest BCUT2D eigenvalue weighted by molar-refractivity contribution is 7.16. The molecule has 1 N–H and O–H groups in total. The van der Waals surface area contributed by atoms with Gasteiger partial charge in [-0.15, -0.1) is 11.3 Å². The third-order valence-corrected chi connectivity index (χ3v) is 6.79. The van der Waals surface area contributed by atoms with E-state index in [1.54, 1.807) is 36.6 Å². The second-order valence-corrected chi connectivity index (χ2v) is 9.54. The van der Waals surface area contributed by atoms with Gasteiger partial charge in [0.2, 0.25) is 0 Å². The lowest BCUT2D eigenvalue weighted by atomic mass is 10.1. The van der Waals surface area contributed by atoms with Crippen LogP contribution in [0.5, 0.6) is 5.75 Å². The molecular weight excluding hydrogens is 525 g/mol. The molecule has 36 heavy (non-hydrogen) atoms. The van der Waals surface area contributed by atoms with Crippen LogP contribution >= 0.6 is 34.5 Å². The predicted octanol–water partition coefficient (Wildman–Crippen LogP) is 5.57. The maximum absolute atomic E-state index is 13.5. The summed E-state index contributed by atoms with van der Waals surface area (Å²) in [5.41, 5.74) is 1.98. The molecule has 0 saturated carbocycles. The van der Waals surface area contributed by atoms with Crippen molar-refractivity contribution in [1.29, 1.82) is 0 Å². The Kier molecular flexibility index (Phi) is 7.63. The third-order valence-electron chi connectivity index (χ3n) is 5.36. The number of aryl methyl sites for hydroxylation is 2. The van der Waals surface area contributed by atoms with Gasteiger partial charge >= 0.3 is 5.97 Å². The van der Waals surface area contributed by atoms with Crippen LogP contribution in [0.15, 0.2) is 46.6 Å². The van der Waals surface area contributed by atoms with E-state index in [0.29, 0.717) is 16.1 Å². The number of hydrogen-bond donors (Lipinski definition) is 1. The van der Waals surface area contributed by atoms with Gasteiger partial charge in [-0.05, 0) is 62.2 Å². The number of nitrogens with zero attached hydrogens (tertiary/aromatic N) is 2. The summed E-state index contributed by atoms with van der Waals surface area (Å²) < 4.78 is 11.8. The largest absolute Gasteiger partial charge is 0.482 e. The number of halogens is 2. The molecule has 0 aliphatic heterocycles. The number of fused-ring (bicyclic) bond motifs is 1. The predicted molar refractivity (Wildman–Crippen MR) is 141 cm³/mol. The minimum Gasteiger partial charge on any atom is -0.482 e. The van der Waals surface area contributed by atoms with Crippen molar-refractivity contribution in [2.24, 2.45) is 0 Å². The topological polar surface area (TPSA) is 99.5 Å². The van der Waals surface area contributed by atoms with Crippen LogP contribution in [0.1, 0.15) is 28.5 Å². The molecule has 0 saturated heterocycles. The van der Waals surface area contributed by atoms with Gasteiger partial charge in [0.05, 0.1) is 22.7 Å². The van der Waals surface area contributed by atoms with E-state index in [1.807, 2.05) is 19.9 Å². The smallest absolute Gasteiger partial charge is 0.359 e. The molecule has 8 nitrogen and oxygen atoms in total. The van der Waals surface area contributed by atoms with E-state index in [4.69, 9.17) is 32.7 Å². The summed E-state index contributed by atoms with van der Waals surface area (Å²) in [5, 5.41) is 10.0. The summed E-state index contributed by atoms with van der Waals surface area (Å²) in [5.74, 6) is -0.897. The first kappa shape index (κ1) is 25.7. The Morgan fingerprint density at radius 3 is 2.58 bits per heavy atom. The number of benzene rings is 2. The van der Waals surface area contributed by atoms with Crippen LogP contribution in [0.2, 0.25) is 10.0 Å². The first-order valence-electron chi connectivity index (χ1n) is 10.9. The quantitative estimate of drug-likeness (QED) is 0.305. The van der Waals surface area contributed by atoms with Gasteiger partial charge in [0, 0.05) is 15.8 Å². The summed E-state index contributed by atoms with van der Waals surface area (Å²) in [6.07, 6.45) is 0. The molecule has 0 bridgehead atoms. The highest BCUT2D eigenvalue weighted by Gasteiger charge is 2.23. The zero-order chi connectivity index (χ0) is 26.0. The van der Waals surface area contributed by atoms with Crippen molar-refractivity contribution in [3.8, 4) is 11.4 Å². The third kappa shape index (κ3) is 5.23. The SMILES string of the molecule is CCOC(=O)c1nn(-c2ccc(C)c(C)c2)c(=O)c2c(NC(=O)COc3ccc(Cl)cc3Cl)scc12. The van der Waals surface area contributed by atoms with Gasteiger partial charge in [-0.1, -0.05) is 29.3 Å². The second-order valence-electron chi connectivity index (χ2n) is 7.82. The van der Waals surface area contributed by atoms with Gasteiger partial charge in [0.1, 0.15) is 10.8 Å². The lowest BCUT2D eigenvalue weighted by Gasteiger charge is -2.11. The van der Waals surface area contributed by atoms with Gasteiger partial charge in [0.25, 0.3) is 11.5 Å². The van der Waals surface area contributed by atoms with Crippen LogP contribution < -0.4 is 15.6 Å². The van der Waals surface area contributed by atoms with Crippen molar-refractivity contribution < 1.29 is 19.1 Å². The van der Waals surface area contributed by atoms with Crippen LogP contribution in [0.25, 0.3) is 16.5 Å². The molecule has 4 aromatic rings. The van der Waals surface area contributed by atoms with E-state index >= 15 is 0 Å². The minimum atomic E-state index is -0.670.